The lowest BCUT2D eigenvalue weighted by Crippen LogP contribution is -2.47. The third-order valence-corrected chi connectivity index (χ3v) is 3.27. The Labute approximate surface area is 83.6 Å². The maximum atomic E-state index is 11.5. The van der Waals surface area contributed by atoms with Gasteiger partial charge in [0.1, 0.15) is 4.87 Å². The number of halogens is 1. The van der Waals surface area contributed by atoms with Gasteiger partial charge in [0.25, 0.3) is 0 Å². The second-order valence-electron chi connectivity index (χ2n) is 4.00. The van der Waals surface area contributed by atoms with Crippen LogP contribution in [0.4, 0.5) is 0 Å². The van der Waals surface area contributed by atoms with Gasteiger partial charge in [0, 0.05) is 6.42 Å². The molecule has 0 heterocycles. The van der Waals surface area contributed by atoms with Crippen LogP contribution in [0.5, 0.6) is 0 Å². The molecule has 1 fully saturated rings. The molecule has 3 atom stereocenters. The minimum absolute atomic E-state index is 0.0825. The topological polar surface area (TPSA) is 37.3 Å². The van der Waals surface area contributed by atoms with E-state index >= 15 is 0 Å². The molecule has 0 unspecified atom stereocenters. The molecule has 1 aliphatic rings. The summed E-state index contributed by atoms with van der Waals surface area (Å²) in [5, 5.41) is 9.63. The number of hydrogen-bond acceptors (Lipinski definition) is 2. The van der Waals surface area contributed by atoms with E-state index in [1.807, 2.05) is 6.92 Å². The molecule has 0 aromatic rings. The molecule has 1 saturated carbocycles. The lowest BCUT2D eigenvalue weighted by molar-refractivity contribution is -0.127. The van der Waals surface area contributed by atoms with Gasteiger partial charge in [-0.3, -0.25) is 4.79 Å². The number of ketones is 1. The summed E-state index contributed by atoms with van der Waals surface area (Å²) in [4.78, 5) is 10.4. The SMILES string of the molecule is C=C(C)[C@H]1CC(=O)[C@@](C)(Cl)[C@@H](O)C1. The van der Waals surface area contributed by atoms with Crippen LogP contribution in [0.1, 0.15) is 26.7 Å². The van der Waals surface area contributed by atoms with Gasteiger partial charge >= 0.3 is 0 Å². The molecule has 1 rings (SSSR count). The van der Waals surface area contributed by atoms with Crippen molar-refractivity contribution in [2.75, 3.05) is 0 Å². The number of carbonyl (C=O) groups excluding carboxylic acids is 1. The van der Waals surface area contributed by atoms with Crippen molar-refractivity contribution in [3.63, 3.8) is 0 Å². The third kappa shape index (κ3) is 1.94. The number of allylic oxidation sites excluding steroid dienone is 1. The molecule has 1 aliphatic carbocycles. The molecule has 0 spiro atoms. The van der Waals surface area contributed by atoms with Crippen LogP contribution >= 0.6 is 11.6 Å². The lowest BCUT2D eigenvalue weighted by atomic mass is 9.77. The fourth-order valence-electron chi connectivity index (χ4n) is 1.56. The van der Waals surface area contributed by atoms with Gasteiger partial charge in [-0.1, -0.05) is 12.2 Å². The number of rotatable bonds is 1. The van der Waals surface area contributed by atoms with E-state index in [2.05, 4.69) is 6.58 Å². The van der Waals surface area contributed by atoms with Crippen molar-refractivity contribution in [1.82, 2.24) is 0 Å². The van der Waals surface area contributed by atoms with Gasteiger partial charge in [-0.05, 0) is 26.2 Å². The van der Waals surface area contributed by atoms with Crippen LogP contribution in [-0.2, 0) is 4.79 Å². The molecule has 0 aliphatic heterocycles. The number of carbonyl (C=O) groups is 1. The van der Waals surface area contributed by atoms with E-state index in [1.165, 1.54) is 0 Å². The average Bonchev–Trinajstić information content (AvgIpc) is 2.00. The maximum Gasteiger partial charge on any atom is 0.156 e. The van der Waals surface area contributed by atoms with Crippen LogP contribution in [0.2, 0.25) is 0 Å². The van der Waals surface area contributed by atoms with E-state index in [4.69, 9.17) is 11.6 Å². The highest BCUT2D eigenvalue weighted by Crippen LogP contribution is 2.36. The van der Waals surface area contributed by atoms with Gasteiger partial charge in [0.2, 0.25) is 0 Å². The highest BCUT2D eigenvalue weighted by atomic mass is 35.5. The molecule has 1 N–H and O–H groups in total. The van der Waals surface area contributed by atoms with E-state index in [0.717, 1.165) is 5.57 Å². The van der Waals surface area contributed by atoms with Crippen LogP contribution in [0.15, 0.2) is 12.2 Å². The van der Waals surface area contributed by atoms with Crippen molar-refractivity contribution in [3.8, 4) is 0 Å². The summed E-state index contributed by atoms with van der Waals surface area (Å²) in [5.41, 5.74) is 0.944. The Morgan fingerprint density at radius 3 is 2.69 bits per heavy atom. The van der Waals surface area contributed by atoms with Gasteiger partial charge in [0.15, 0.2) is 5.78 Å². The zero-order valence-corrected chi connectivity index (χ0v) is 8.77. The van der Waals surface area contributed by atoms with Crippen molar-refractivity contribution in [3.05, 3.63) is 12.2 Å². The molecule has 13 heavy (non-hydrogen) atoms. The van der Waals surface area contributed by atoms with E-state index in [9.17, 15) is 9.90 Å². The fourth-order valence-corrected chi connectivity index (χ4v) is 1.72. The molecule has 0 aromatic heterocycles. The van der Waals surface area contributed by atoms with Crippen molar-refractivity contribution >= 4 is 17.4 Å². The highest BCUT2D eigenvalue weighted by Gasteiger charge is 2.44. The smallest absolute Gasteiger partial charge is 0.156 e. The predicted octanol–water partition coefficient (Wildman–Crippen LogP) is 1.90. The van der Waals surface area contributed by atoms with Crippen LogP contribution in [0.25, 0.3) is 0 Å². The van der Waals surface area contributed by atoms with Gasteiger partial charge in [-0.2, -0.15) is 0 Å². The summed E-state index contributed by atoms with van der Waals surface area (Å²) < 4.78 is 0. The van der Waals surface area contributed by atoms with E-state index < -0.39 is 11.0 Å². The summed E-state index contributed by atoms with van der Waals surface area (Å²) in [5.74, 6) is 0.00948. The third-order valence-electron chi connectivity index (χ3n) is 2.81. The summed E-state index contributed by atoms with van der Waals surface area (Å²) in [6, 6.07) is 0. The quantitative estimate of drug-likeness (QED) is 0.521. The van der Waals surface area contributed by atoms with Crippen molar-refractivity contribution in [1.29, 1.82) is 0 Å². The Hall–Kier alpha value is -0.340. The van der Waals surface area contributed by atoms with E-state index in [1.54, 1.807) is 6.92 Å². The number of Topliss-reactive ketones (excluding diaryl/α,β-unsaturated/α-hetero) is 1. The van der Waals surface area contributed by atoms with Gasteiger partial charge < -0.3 is 5.11 Å². The molecular formula is C10H15ClO2. The molecule has 0 radical (unpaired) electrons. The standard InChI is InChI=1S/C10H15ClO2/c1-6(2)7-4-8(12)10(3,11)9(13)5-7/h7-8,12H,1,4-5H2,2-3H3/t7-,8+,10+/m1/s1. The first-order valence-electron chi connectivity index (χ1n) is 4.41. The molecule has 0 saturated heterocycles. The average molecular weight is 203 g/mol. The van der Waals surface area contributed by atoms with Crippen LogP contribution in [-0.4, -0.2) is 21.9 Å². The second-order valence-corrected chi connectivity index (χ2v) is 4.78. The summed E-state index contributed by atoms with van der Waals surface area (Å²) in [6.07, 6.45) is 0.199. The Morgan fingerprint density at radius 2 is 2.31 bits per heavy atom. The minimum atomic E-state index is -1.09. The zero-order valence-electron chi connectivity index (χ0n) is 8.01. The van der Waals surface area contributed by atoms with Crippen molar-refractivity contribution in [2.24, 2.45) is 5.92 Å². The zero-order chi connectivity index (χ0) is 10.2. The second kappa shape index (κ2) is 3.43. The number of hydrogen-bond donors (Lipinski definition) is 1. The van der Waals surface area contributed by atoms with E-state index in [0.29, 0.717) is 12.8 Å². The molecule has 74 valence electrons. The van der Waals surface area contributed by atoms with Gasteiger partial charge in [-0.15, -0.1) is 11.6 Å². The van der Waals surface area contributed by atoms with Crippen molar-refractivity contribution < 1.29 is 9.90 Å². The predicted molar refractivity (Wildman–Crippen MR) is 52.8 cm³/mol. The molecule has 3 heteroatoms. The van der Waals surface area contributed by atoms with Crippen LogP contribution in [0.3, 0.4) is 0 Å². The molecule has 0 bridgehead atoms. The van der Waals surface area contributed by atoms with Crippen molar-refractivity contribution in [2.45, 2.75) is 37.7 Å². The van der Waals surface area contributed by atoms with Gasteiger partial charge in [0.05, 0.1) is 6.10 Å². The summed E-state index contributed by atoms with van der Waals surface area (Å²) in [7, 11) is 0. The van der Waals surface area contributed by atoms with Gasteiger partial charge in [-0.25, -0.2) is 0 Å². The Morgan fingerprint density at radius 1 is 1.77 bits per heavy atom. The Bertz CT molecular complexity index is 245. The normalized spacial score (nSPS) is 40.5. The monoisotopic (exact) mass is 202 g/mol. The maximum absolute atomic E-state index is 11.5. The number of aliphatic hydroxyl groups is 1. The van der Waals surface area contributed by atoms with Crippen LogP contribution < -0.4 is 0 Å². The van der Waals surface area contributed by atoms with Crippen LogP contribution in [0, 0.1) is 5.92 Å². The Balaban J connectivity index is 2.79. The molecule has 0 aromatic carbocycles. The molecular weight excluding hydrogens is 188 g/mol. The molecule has 2 nitrogen and oxygen atoms in total. The van der Waals surface area contributed by atoms with E-state index in [-0.39, 0.29) is 11.7 Å². The summed E-state index contributed by atoms with van der Waals surface area (Å²) >= 11 is 5.91. The fraction of sp³-hybridized carbons (Fsp3) is 0.700. The largest absolute Gasteiger partial charge is 0.391 e. The lowest BCUT2D eigenvalue weighted by Gasteiger charge is -2.35. The summed E-state index contributed by atoms with van der Waals surface area (Å²) in [6.45, 7) is 7.25. The first-order chi connectivity index (χ1) is 5.85. The molecule has 0 amide bonds. The number of alkyl halides is 1. The Kier molecular flexibility index (Phi) is 2.83. The number of aliphatic hydroxyl groups excluding tert-OH is 1. The minimum Gasteiger partial charge on any atom is -0.391 e. The first-order valence-corrected chi connectivity index (χ1v) is 4.79. The first kappa shape index (κ1) is 10.7. The highest BCUT2D eigenvalue weighted by molar-refractivity contribution is 6.35.